The maximum absolute atomic E-state index is 11.7. The number of H-pyrrole nitrogens is 1. The van der Waals surface area contributed by atoms with Gasteiger partial charge in [-0.1, -0.05) is 54.6 Å². The Balaban J connectivity index is 1.43. The molecule has 4 aromatic rings. The number of hydrogen-bond donors (Lipinski definition) is 2. The van der Waals surface area contributed by atoms with Crippen molar-refractivity contribution >= 4 is 16.6 Å². The van der Waals surface area contributed by atoms with Crippen LogP contribution in [0.25, 0.3) is 10.9 Å². The van der Waals surface area contributed by atoms with Gasteiger partial charge in [-0.25, -0.2) is 0 Å². The summed E-state index contributed by atoms with van der Waals surface area (Å²) in [5.41, 5.74) is 5.42. The van der Waals surface area contributed by atoms with Crippen LogP contribution in [0.3, 0.4) is 0 Å². The molecule has 3 aromatic carbocycles. The molecule has 0 radical (unpaired) electrons. The molecule has 6 nitrogen and oxygen atoms in total. The number of non-ortho nitro benzene ring substituents is 1. The van der Waals surface area contributed by atoms with Crippen LogP contribution in [0.15, 0.2) is 72.8 Å². The summed E-state index contributed by atoms with van der Waals surface area (Å²) in [6.45, 7) is 2.84. The predicted octanol–water partition coefficient (Wildman–Crippen LogP) is 5.34. The van der Waals surface area contributed by atoms with Gasteiger partial charge < -0.3 is 10.1 Å². The largest absolute Gasteiger partial charge is 0.508 e. The first-order valence-electron chi connectivity index (χ1n) is 11.9. The van der Waals surface area contributed by atoms with Gasteiger partial charge in [-0.3, -0.25) is 15.0 Å². The zero-order chi connectivity index (χ0) is 23.3. The number of nitrogens with zero attached hydrogens (tertiary/aromatic N) is 2. The van der Waals surface area contributed by atoms with Crippen LogP contribution in [0.1, 0.15) is 28.8 Å². The van der Waals surface area contributed by atoms with Gasteiger partial charge in [0.25, 0.3) is 5.69 Å². The molecule has 0 spiro atoms. The number of likely N-dealkylation sites (tertiary alicyclic amines) is 1. The number of aromatic hydroxyl groups is 1. The van der Waals surface area contributed by atoms with Gasteiger partial charge in [-0.05, 0) is 60.5 Å². The minimum Gasteiger partial charge on any atom is -0.508 e. The Hall–Kier alpha value is -3.64. The van der Waals surface area contributed by atoms with Crippen LogP contribution < -0.4 is 0 Å². The third-order valence-electron chi connectivity index (χ3n) is 7.95. The number of fused-ring (bicyclic) bond motifs is 4. The van der Waals surface area contributed by atoms with E-state index in [1.165, 1.54) is 11.1 Å². The van der Waals surface area contributed by atoms with E-state index in [4.69, 9.17) is 0 Å². The van der Waals surface area contributed by atoms with Crippen LogP contribution in [-0.2, 0) is 24.8 Å². The van der Waals surface area contributed by atoms with Crippen molar-refractivity contribution in [2.75, 3.05) is 13.1 Å². The topological polar surface area (TPSA) is 82.4 Å². The number of piperidine rings is 1. The summed E-state index contributed by atoms with van der Waals surface area (Å²) in [7, 11) is 0. The molecule has 1 saturated heterocycles. The minimum absolute atomic E-state index is 0.116. The van der Waals surface area contributed by atoms with Crippen molar-refractivity contribution in [1.29, 1.82) is 0 Å². The smallest absolute Gasteiger partial charge is 0.293 e. The first kappa shape index (κ1) is 20.9. The molecule has 2 aliphatic rings. The molecule has 172 valence electrons. The van der Waals surface area contributed by atoms with Gasteiger partial charge in [0, 0.05) is 35.7 Å². The first-order valence-corrected chi connectivity index (χ1v) is 11.9. The lowest BCUT2D eigenvalue weighted by molar-refractivity contribution is -0.383. The number of phenolic OH excluding ortho intramolecular Hbond substituents is 1. The zero-order valence-electron chi connectivity index (χ0n) is 18.9. The Bertz CT molecular complexity index is 1380. The molecule has 34 heavy (non-hydrogen) atoms. The summed E-state index contributed by atoms with van der Waals surface area (Å²) < 4.78 is 0. The molecule has 0 amide bonds. The molecule has 1 aliphatic carbocycles. The number of para-hydroxylation sites is 1. The molecule has 2 atom stereocenters. The highest BCUT2D eigenvalue weighted by molar-refractivity contribution is 5.92. The Morgan fingerprint density at radius 2 is 1.91 bits per heavy atom. The fourth-order valence-electron chi connectivity index (χ4n) is 6.32. The lowest BCUT2D eigenvalue weighted by atomic mass is 9.58. The van der Waals surface area contributed by atoms with E-state index in [2.05, 4.69) is 40.2 Å². The number of aromatic nitrogens is 1. The maximum Gasteiger partial charge on any atom is 0.293 e. The van der Waals surface area contributed by atoms with Crippen molar-refractivity contribution in [3.05, 3.63) is 105 Å². The molecule has 0 bridgehead atoms. The van der Waals surface area contributed by atoms with Gasteiger partial charge >= 0.3 is 0 Å². The molecule has 2 heterocycles. The quantitative estimate of drug-likeness (QED) is 0.323. The van der Waals surface area contributed by atoms with Gasteiger partial charge in [-0.2, -0.15) is 0 Å². The average Bonchev–Trinajstić information content (AvgIpc) is 3.20. The van der Waals surface area contributed by atoms with E-state index >= 15 is 0 Å². The Morgan fingerprint density at radius 1 is 1.09 bits per heavy atom. The number of nitrogens with one attached hydrogen (secondary N) is 1. The van der Waals surface area contributed by atoms with Crippen LogP contribution in [0.4, 0.5) is 5.69 Å². The molecule has 2 unspecified atom stereocenters. The van der Waals surface area contributed by atoms with Gasteiger partial charge in [0.2, 0.25) is 0 Å². The monoisotopic (exact) mass is 453 g/mol. The van der Waals surface area contributed by atoms with Crippen molar-refractivity contribution in [2.24, 2.45) is 5.92 Å². The maximum atomic E-state index is 11.7. The van der Waals surface area contributed by atoms with E-state index in [1.54, 1.807) is 18.2 Å². The lowest BCUT2D eigenvalue weighted by Crippen LogP contribution is -2.53. The number of nitro groups is 1. The number of aromatic amines is 1. The molecule has 6 heteroatoms. The number of hydrogen-bond acceptors (Lipinski definition) is 4. The van der Waals surface area contributed by atoms with Crippen LogP contribution in [0, 0.1) is 16.0 Å². The molecule has 1 fully saturated rings. The standard InChI is InChI=1S/C28H27N3O3/c32-22-9-4-8-20(14-22)28-12-13-30(17-19-6-2-1-3-7-19)18-21(28)15-24-23-10-5-11-26(31(33)34)27(23)29-25(24)16-28/h1-11,14,21,29,32H,12-13,15-18H2. The van der Waals surface area contributed by atoms with E-state index in [0.717, 1.165) is 55.5 Å². The van der Waals surface area contributed by atoms with Crippen molar-refractivity contribution in [1.82, 2.24) is 9.88 Å². The normalized spacial score (nSPS) is 22.3. The number of phenols is 1. The second-order valence-electron chi connectivity index (χ2n) is 9.79. The van der Waals surface area contributed by atoms with Crippen molar-refractivity contribution in [3.8, 4) is 5.75 Å². The van der Waals surface area contributed by atoms with E-state index in [-0.39, 0.29) is 21.8 Å². The van der Waals surface area contributed by atoms with E-state index in [1.807, 2.05) is 24.3 Å². The molecule has 1 aliphatic heterocycles. The third kappa shape index (κ3) is 3.37. The van der Waals surface area contributed by atoms with Gasteiger partial charge in [0.15, 0.2) is 0 Å². The van der Waals surface area contributed by atoms with Crippen molar-refractivity contribution in [2.45, 2.75) is 31.2 Å². The second kappa shape index (κ2) is 7.99. The highest BCUT2D eigenvalue weighted by Crippen LogP contribution is 2.50. The summed E-state index contributed by atoms with van der Waals surface area (Å²) in [5.74, 6) is 0.632. The SMILES string of the molecule is O=[N+]([O-])c1cccc2c3c([nH]c12)CC1(c2cccc(O)c2)CCN(Cc2ccccc2)CC1C3. The van der Waals surface area contributed by atoms with Crippen molar-refractivity contribution in [3.63, 3.8) is 0 Å². The fourth-order valence-corrected chi connectivity index (χ4v) is 6.32. The van der Waals surface area contributed by atoms with Crippen LogP contribution in [0.2, 0.25) is 0 Å². The van der Waals surface area contributed by atoms with Crippen LogP contribution in [0.5, 0.6) is 5.75 Å². The number of nitro benzene ring substituents is 1. The molecular weight excluding hydrogens is 426 g/mol. The highest BCUT2D eigenvalue weighted by Gasteiger charge is 2.48. The van der Waals surface area contributed by atoms with Gasteiger partial charge in [0.05, 0.1) is 4.92 Å². The van der Waals surface area contributed by atoms with Gasteiger partial charge in [0.1, 0.15) is 11.3 Å². The van der Waals surface area contributed by atoms with E-state index < -0.39 is 0 Å². The summed E-state index contributed by atoms with van der Waals surface area (Å²) in [6, 6.07) is 23.6. The summed E-state index contributed by atoms with van der Waals surface area (Å²) in [4.78, 5) is 17.3. The molecule has 2 N–H and O–H groups in total. The number of rotatable bonds is 4. The van der Waals surface area contributed by atoms with Crippen LogP contribution in [-0.4, -0.2) is 33.0 Å². The highest BCUT2D eigenvalue weighted by atomic mass is 16.6. The van der Waals surface area contributed by atoms with Crippen molar-refractivity contribution < 1.29 is 10.0 Å². The second-order valence-corrected chi connectivity index (χ2v) is 9.79. The molecule has 1 aromatic heterocycles. The van der Waals surface area contributed by atoms with Gasteiger partial charge in [-0.15, -0.1) is 0 Å². The third-order valence-corrected chi connectivity index (χ3v) is 7.95. The first-order chi connectivity index (χ1) is 16.5. The fraction of sp³-hybridized carbons (Fsp3) is 0.286. The Kier molecular flexibility index (Phi) is 4.92. The van der Waals surface area contributed by atoms with Crippen LogP contribution >= 0.6 is 0 Å². The summed E-state index contributed by atoms with van der Waals surface area (Å²) in [6.07, 6.45) is 2.63. The van der Waals surface area contributed by atoms with E-state index in [0.29, 0.717) is 11.4 Å². The van der Waals surface area contributed by atoms with E-state index in [9.17, 15) is 15.2 Å². The predicted molar refractivity (Wildman–Crippen MR) is 132 cm³/mol. The number of benzene rings is 3. The lowest BCUT2D eigenvalue weighted by Gasteiger charge is -2.51. The molecule has 6 rings (SSSR count). The summed E-state index contributed by atoms with van der Waals surface area (Å²) >= 11 is 0. The Labute approximate surface area is 198 Å². The summed E-state index contributed by atoms with van der Waals surface area (Å²) in [5, 5.41) is 22.9. The molecular formula is C28H27N3O3. The minimum atomic E-state index is -0.302. The molecule has 0 saturated carbocycles. The average molecular weight is 454 g/mol. The zero-order valence-corrected chi connectivity index (χ0v) is 18.9. The Morgan fingerprint density at radius 3 is 2.71 bits per heavy atom.